The molecule has 0 radical (unpaired) electrons. The summed E-state index contributed by atoms with van der Waals surface area (Å²) in [6.07, 6.45) is 3.14. The minimum absolute atomic E-state index is 0.111. The summed E-state index contributed by atoms with van der Waals surface area (Å²) in [4.78, 5) is 18.9. The van der Waals surface area contributed by atoms with Gasteiger partial charge in [0.2, 0.25) is 0 Å². The predicted octanol–water partition coefficient (Wildman–Crippen LogP) is 4.33. The standard InChI is InChI=1S/C24H21FN4O/c1-28(23(19-5-3-2-4-6-19)20-11-13-22(25)14-12-20)24(30)21-9-7-18(8-10-21)15-29-17-26-16-27-29/h2-14,16-17,23H,15H2,1H3. The fraction of sp³-hybridized carbons (Fsp3) is 0.125. The minimum atomic E-state index is -0.325. The van der Waals surface area contributed by atoms with E-state index >= 15 is 0 Å². The number of carbonyl (C=O) groups excluding carboxylic acids is 1. The van der Waals surface area contributed by atoms with Gasteiger partial charge in [-0.1, -0.05) is 54.6 Å². The van der Waals surface area contributed by atoms with Gasteiger partial charge in [-0.25, -0.2) is 14.1 Å². The zero-order valence-electron chi connectivity index (χ0n) is 16.5. The van der Waals surface area contributed by atoms with Crippen molar-refractivity contribution >= 4 is 5.91 Å². The van der Waals surface area contributed by atoms with Crippen molar-refractivity contribution in [3.63, 3.8) is 0 Å². The summed E-state index contributed by atoms with van der Waals surface area (Å²) in [6, 6.07) is 23.2. The van der Waals surface area contributed by atoms with Crippen LogP contribution in [0.15, 0.2) is 91.5 Å². The Morgan fingerprint density at radius 3 is 2.27 bits per heavy atom. The molecular formula is C24H21FN4O. The molecule has 0 spiro atoms. The maximum atomic E-state index is 13.5. The van der Waals surface area contributed by atoms with Gasteiger partial charge in [0, 0.05) is 12.6 Å². The Morgan fingerprint density at radius 1 is 0.967 bits per heavy atom. The SMILES string of the molecule is CN(C(=O)c1ccc(Cn2cncn2)cc1)C(c1ccccc1)c1ccc(F)cc1. The highest BCUT2D eigenvalue weighted by Gasteiger charge is 2.24. The van der Waals surface area contributed by atoms with Crippen molar-refractivity contribution in [1.29, 1.82) is 0 Å². The van der Waals surface area contributed by atoms with Crippen LogP contribution in [-0.4, -0.2) is 32.6 Å². The molecule has 3 aromatic carbocycles. The van der Waals surface area contributed by atoms with Gasteiger partial charge in [0.15, 0.2) is 0 Å². The van der Waals surface area contributed by atoms with Crippen molar-refractivity contribution in [2.45, 2.75) is 12.6 Å². The average Bonchev–Trinajstić information content (AvgIpc) is 3.29. The molecule has 1 amide bonds. The van der Waals surface area contributed by atoms with Crippen LogP contribution in [0.5, 0.6) is 0 Å². The fourth-order valence-corrected chi connectivity index (χ4v) is 3.50. The summed E-state index contributed by atoms with van der Waals surface area (Å²) in [6.45, 7) is 0.590. The zero-order chi connectivity index (χ0) is 20.9. The van der Waals surface area contributed by atoms with Crippen molar-refractivity contribution in [3.8, 4) is 0 Å². The van der Waals surface area contributed by atoms with E-state index in [2.05, 4.69) is 10.1 Å². The van der Waals surface area contributed by atoms with Gasteiger partial charge in [0.1, 0.15) is 18.5 Å². The number of rotatable bonds is 6. The second-order valence-electron chi connectivity index (χ2n) is 7.07. The highest BCUT2D eigenvalue weighted by atomic mass is 19.1. The summed E-state index contributed by atoms with van der Waals surface area (Å²) in [5.74, 6) is -0.414. The Morgan fingerprint density at radius 2 is 1.63 bits per heavy atom. The molecule has 0 aliphatic rings. The molecule has 5 nitrogen and oxygen atoms in total. The first-order valence-corrected chi connectivity index (χ1v) is 9.61. The number of halogens is 1. The molecule has 0 aliphatic carbocycles. The van der Waals surface area contributed by atoms with E-state index < -0.39 is 0 Å². The Hall–Kier alpha value is -3.80. The molecule has 0 saturated heterocycles. The smallest absolute Gasteiger partial charge is 0.254 e. The van der Waals surface area contributed by atoms with E-state index in [1.54, 1.807) is 35.1 Å². The molecule has 4 rings (SSSR count). The molecule has 150 valence electrons. The summed E-state index contributed by atoms with van der Waals surface area (Å²) in [7, 11) is 1.77. The Balaban J connectivity index is 1.60. The molecule has 1 heterocycles. The van der Waals surface area contributed by atoms with E-state index in [0.717, 1.165) is 16.7 Å². The number of nitrogens with zero attached hydrogens (tertiary/aromatic N) is 4. The van der Waals surface area contributed by atoms with E-state index in [4.69, 9.17) is 0 Å². The molecule has 0 saturated carbocycles. The number of carbonyl (C=O) groups is 1. The third-order valence-electron chi connectivity index (χ3n) is 5.02. The molecule has 1 aromatic heterocycles. The molecule has 6 heteroatoms. The second-order valence-corrected chi connectivity index (χ2v) is 7.07. The van der Waals surface area contributed by atoms with Crippen LogP contribution in [0.1, 0.15) is 33.1 Å². The number of hydrogen-bond donors (Lipinski definition) is 0. The molecule has 0 fully saturated rings. The highest BCUT2D eigenvalue weighted by molar-refractivity contribution is 5.94. The first-order valence-electron chi connectivity index (χ1n) is 9.61. The first kappa shape index (κ1) is 19.5. The Labute approximate surface area is 174 Å². The van der Waals surface area contributed by atoms with Crippen LogP contribution in [0.3, 0.4) is 0 Å². The quantitative estimate of drug-likeness (QED) is 0.484. The van der Waals surface area contributed by atoms with E-state index in [1.807, 2.05) is 54.6 Å². The molecule has 0 aliphatic heterocycles. The predicted molar refractivity (Wildman–Crippen MR) is 112 cm³/mol. The minimum Gasteiger partial charge on any atom is -0.331 e. The lowest BCUT2D eigenvalue weighted by Gasteiger charge is -2.29. The lowest BCUT2D eigenvalue weighted by Crippen LogP contribution is -2.32. The van der Waals surface area contributed by atoms with Crippen LogP contribution < -0.4 is 0 Å². The van der Waals surface area contributed by atoms with Gasteiger partial charge in [-0.3, -0.25) is 4.79 Å². The van der Waals surface area contributed by atoms with Crippen LogP contribution in [0.2, 0.25) is 0 Å². The topological polar surface area (TPSA) is 51.0 Å². The van der Waals surface area contributed by atoms with Crippen LogP contribution in [0.4, 0.5) is 4.39 Å². The van der Waals surface area contributed by atoms with Gasteiger partial charge in [-0.05, 0) is 41.0 Å². The van der Waals surface area contributed by atoms with Gasteiger partial charge >= 0.3 is 0 Å². The highest BCUT2D eigenvalue weighted by Crippen LogP contribution is 2.29. The van der Waals surface area contributed by atoms with Gasteiger partial charge in [0.25, 0.3) is 5.91 Å². The van der Waals surface area contributed by atoms with Crippen molar-refractivity contribution in [2.75, 3.05) is 7.05 Å². The van der Waals surface area contributed by atoms with Crippen molar-refractivity contribution < 1.29 is 9.18 Å². The lowest BCUT2D eigenvalue weighted by atomic mass is 9.96. The molecular weight excluding hydrogens is 379 g/mol. The maximum Gasteiger partial charge on any atom is 0.254 e. The van der Waals surface area contributed by atoms with Crippen molar-refractivity contribution in [1.82, 2.24) is 19.7 Å². The summed E-state index contributed by atoms with van der Waals surface area (Å²) >= 11 is 0. The summed E-state index contributed by atoms with van der Waals surface area (Å²) in [5, 5.41) is 4.10. The average molecular weight is 400 g/mol. The third-order valence-corrected chi connectivity index (χ3v) is 5.02. The molecule has 1 atom stereocenters. The molecule has 1 unspecified atom stereocenters. The van der Waals surface area contributed by atoms with Crippen LogP contribution in [-0.2, 0) is 6.54 Å². The zero-order valence-corrected chi connectivity index (χ0v) is 16.5. The fourth-order valence-electron chi connectivity index (χ4n) is 3.50. The van der Waals surface area contributed by atoms with Gasteiger partial charge in [-0.15, -0.1) is 0 Å². The molecule has 30 heavy (non-hydrogen) atoms. The lowest BCUT2D eigenvalue weighted by molar-refractivity contribution is 0.0755. The van der Waals surface area contributed by atoms with E-state index in [-0.39, 0.29) is 17.8 Å². The second kappa shape index (κ2) is 8.69. The van der Waals surface area contributed by atoms with E-state index in [9.17, 15) is 9.18 Å². The van der Waals surface area contributed by atoms with Gasteiger partial charge in [-0.2, -0.15) is 5.10 Å². The normalized spacial score (nSPS) is 11.8. The van der Waals surface area contributed by atoms with Gasteiger partial charge < -0.3 is 4.90 Å². The largest absolute Gasteiger partial charge is 0.331 e. The van der Waals surface area contributed by atoms with E-state index in [1.165, 1.54) is 18.5 Å². The summed E-state index contributed by atoms with van der Waals surface area (Å²) in [5.41, 5.74) is 3.42. The Bertz CT molecular complexity index is 1090. The monoisotopic (exact) mass is 400 g/mol. The first-order chi connectivity index (χ1) is 14.6. The van der Waals surface area contributed by atoms with E-state index in [0.29, 0.717) is 12.1 Å². The number of benzene rings is 3. The number of hydrogen-bond acceptors (Lipinski definition) is 3. The maximum absolute atomic E-state index is 13.5. The number of amides is 1. The Kier molecular flexibility index (Phi) is 5.66. The van der Waals surface area contributed by atoms with Crippen LogP contribution in [0, 0.1) is 5.82 Å². The molecule has 0 bridgehead atoms. The summed E-state index contributed by atoms with van der Waals surface area (Å²) < 4.78 is 15.2. The van der Waals surface area contributed by atoms with Crippen molar-refractivity contribution in [3.05, 3.63) is 120 Å². The number of aromatic nitrogens is 3. The van der Waals surface area contributed by atoms with Crippen LogP contribution >= 0.6 is 0 Å². The molecule has 0 N–H and O–H groups in total. The third kappa shape index (κ3) is 4.27. The molecule has 4 aromatic rings. The van der Waals surface area contributed by atoms with Gasteiger partial charge in [0.05, 0.1) is 12.6 Å². The van der Waals surface area contributed by atoms with Crippen molar-refractivity contribution in [2.24, 2.45) is 0 Å². The van der Waals surface area contributed by atoms with Crippen LogP contribution in [0.25, 0.3) is 0 Å².